The zero-order valence-electron chi connectivity index (χ0n) is 13.1. The summed E-state index contributed by atoms with van der Waals surface area (Å²) in [4.78, 5) is 4.34. The lowest BCUT2D eigenvalue weighted by Gasteiger charge is -2.41. The van der Waals surface area contributed by atoms with E-state index < -0.39 is 17.2 Å². The summed E-state index contributed by atoms with van der Waals surface area (Å²) in [7, 11) is 0. The van der Waals surface area contributed by atoms with Crippen molar-refractivity contribution in [2.45, 2.75) is 25.1 Å². The molecule has 124 valence electrons. The minimum atomic E-state index is -4.40. The molecule has 1 heterocycles. The number of aliphatic imine (C=N–C) groups is 1. The van der Waals surface area contributed by atoms with E-state index in [0.717, 1.165) is 0 Å². The van der Waals surface area contributed by atoms with Gasteiger partial charge < -0.3 is 4.74 Å². The van der Waals surface area contributed by atoms with Crippen LogP contribution in [0.1, 0.15) is 23.6 Å². The average molecular weight is 331 g/mol. The van der Waals surface area contributed by atoms with Gasteiger partial charge in [-0.05, 0) is 31.0 Å². The van der Waals surface area contributed by atoms with E-state index in [-0.39, 0.29) is 18.9 Å². The van der Waals surface area contributed by atoms with Crippen molar-refractivity contribution >= 4 is 5.90 Å². The summed E-state index contributed by atoms with van der Waals surface area (Å²) in [5, 5.41) is 0. The van der Waals surface area contributed by atoms with Gasteiger partial charge >= 0.3 is 6.18 Å². The molecule has 2 aromatic carbocycles. The second kappa shape index (κ2) is 4.85. The van der Waals surface area contributed by atoms with E-state index in [2.05, 4.69) is 4.99 Å². The average Bonchev–Trinajstić information content (AvgIpc) is 3.11. The van der Waals surface area contributed by atoms with Gasteiger partial charge in [0.05, 0.1) is 6.54 Å². The molecule has 2 atom stereocenters. The van der Waals surface area contributed by atoms with Crippen molar-refractivity contribution in [3.8, 4) is 0 Å². The van der Waals surface area contributed by atoms with Crippen molar-refractivity contribution in [2.24, 2.45) is 10.4 Å². The zero-order chi connectivity index (χ0) is 17.0. The number of ether oxygens (including phenoxy) is 1. The number of hydrogen-bond donors (Lipinski definition) is 0. The van der Waals surface area contributed by atoms with E-state index in [1.54, 1.807) is 36.4 Å². The second-order valence-corrected chi connectivity index (χ2v) is 6.58. The minimum absolute atomic E-state index is 0.0236. The number of alkyl halides is 3. The van der Waals surface area contributed by atoms with Crippen molar-refractivity contribution in [3.63, 3.8) is 0 Å². The van der Waals surface area contributed by atoms with Crippen LogP contribution in [-0.4, -0.2) is 18.6 Å². The molecule has 2 nitrogen and oxygen atoms in total. The fourth-order valence-electron chi connectivity index (χ4n) is 3.79. The van der Waals surface area contributed by atoms with E-state index >= 15 is 0 Å². The van der Waals surface area contributed by atoms with Gasteiger partial charge in [0.25, 0.3) is 0 Å². The van der Waals surface area contributed by atoms with Crippen LogP contribution in [0.4, 0.5) is 13.2 Å². The summed E-state index contributed by atoms with van der Waals surface area (Å²) >= 11 is 0. The van der Waals surface area contributed by atoms with Crippen LogP contribution >= 0.6 is 0 Å². The number of benzene rings is 2. The predicted octanol–water partition coefficient (Wildman–Crippen LogP) is 4.48. The largest absolute Gasteiger partial charge is 0.463 e. The molecule has 0 saturated carbocycles. The van der Waals surface area contributed by atoms with Gasteiger partial charge in [-0.25, -0.2) is 4.99 Å². The molecule has 0 aromatic heterocycles. The number of fused-ring (bicyclic) bond motifs is 2. The molecule has 0 fully saturated rings. The summed E-state index contributed by atoms with van der Waals surface area (Å²) in [6.45, 7) is 1.22. The first kappa shape index (κ1) is 15.2. The smallest absolute Gasteiger partial charge is 0.398 e. The Hall–Kier alpha value is -2.30. The third kappa shape index (κ3) is 1.87. The lowest BCUT2D eigenvalue weighted by molar-refractivity contribution is -0.266. The van der Waals surface area contributed by atoms with Gasteiger partial charge in [-0.15, -0.1) is 0 Å². The van der Waals surface area contributed by atoms with Crippen molar-refractivity contribution in [2.75, 3.05) is 6.54 Å². The van der Waals surface area contributed by atoms with Gasteiger partial charge in [0.15, 0.2) is 5.60 Å². The summed E-state index contributed by atoms with van der Waals surface area (Å²) in [6.07, 6.45) is -4.49. The fraction of sp³-hybridized carbons (Fsp3) is 0.316. The topological polar surface area (TPSA) is 21.6 Å². The summed E-state index contributed by atoms with van der Waals surface area (Å²) in [5.74, 6) is 0.280. The zero-order valence-corrected chi connectivity index (χ0v) is 13.1. The van der Waals surface area contributed by atoms with E-state index in [4.69, 9.17) is 4.74 Å². The van der Waals surface area contributed by atoms with Gasteiger partial charge in [0.1, 0.15) is 5.41 Å². The Morgan fingerprint density at radius 2 is 1.67 bits per heavy atom. The molecule has 5 heteroatoms. The summed E-state index contributed by atoms with van der Waals surface area (Å²) in [6, 6.07) is 16.1. The molecule has 2 aliphatic rings. The van der Waals surface area contributed by atoms with Gasteiger partial charge in [0, 0.05) is 11.1 Å². The molecule has 1 unspecified atom stereocenters. The highest BCUT2D eigenvalue weighted by atomic mass is 19.4. The number of nitrogens with zero attached hydrogens (tertiary/aromatic N) is 1. The first-order chi connectivity index (χ1) is 11.4. The van der Waals surface area contributed by atoms with Crippen LogP contribution < -0.4 is 0 Å². The second-order valence-electron chi connectivity index (χ2n) is 6.58. The molecule has 0 amide bonds. The molecular weight excluding hydrogens is 315 g/mol. The maximum absolute atomic E-state index is 14.0. The highest BCUT2D eigenvalue weighted by Gasteiger charge is 2.71. The molecule has 1 aliphatic heterocycles. The number of rotatable bonds is 1. The lowest BCUT2D eigenvalue weighted by Crippen LogP contribution is -2.52. The monoisotopic (exact) mass is 331 g/mol. The maximum atomic E-state index is 14.0. The van der Waals surface area contributed by atoms with E-state index in [1.807, 2.05) is 18.2 Å². The molecule has 0 saturated heterocycles. The first-order valence-corrected chi connectivity index (χ1v) is 7.81. The van der Waals surface area contributed by atoms with Crippen LogP contribution in [-0.2, 0) is 16.8 Å². The standard InChI is InChI=1S/C19H16F3NO/c1-17(19(20,21)22)11-14-9-5-6-10-15(14)18(17)12-23-16(24-18)13-7-3-2-4-8-13/h2-10H,11-12H2,1H3/t17-,18?/m0/s1. The number of halogens is 3. The minimum Gasteiger partial charge on any atom is -0.463 e. The van der Waals surface area contributed by atoms with Crippen LogP contribution in [0.2, 0.25) is 0 Å². The van der Waals surface area contributed by atoms with E-state index in [1.165, 1.54) is 6.92 Å². The third-order valence-electron chi connectivity index (χ3n) is 5.25. The Kier molecular flexibility index (Phi) is 3.08. The molecule has 0 radical (unpaired) electrons. The van der Waals surface area contributed by atoms with Crippen LogP contribution in [0.3, 0.4) is 0 Å². The fourth-order valence-corrected chi connectivity index (χ4v) is 3.79. The molecular formula is C19H16F3NO. The van der Waals surface area contributed by atoms with E-state index in [0.29, 0.717) is 16.7 Å². The Labute approximate surface area is 138 Å². The molecule has 0 bridgehead atoms. The Morgan fingerprint density at radius 1 is 1.00 bits per heavy atom. The van der Waals surface area contributed by atoms with Gasteiger partial charge in [-0.3, -0.25) is 0 Å². The summed E-state index contributed by atoms with van der Waals surface area (Å²) in [5.41, 5.74) is -1.53. The van der Waals surface area contributed by atoms with E-state index in [9.17, 15) is 13.2 Å². The molecule has 1 spiro atoms. The normalized spacial score (nSPS) is 28.6. The molecule has 2 aromatic rings. The number of hydrogen-bond acceptors (Lipinski definition) is 2. The molecule has 1 aliphatic carbocycles. The highest BCUT2D eigenvalue weighted by Crippen LogP contribution is 2.61. The maximum Gasteiger partial charge on any atom is 0.398 e. The van der Waals surface area contributed by atoms with Crippen molar-refractivity contribution in [1.29, 1.82) is 0 Å². The van der Waals surface area contributed by atoms with Crippen LogP contribution in [0.25, 0.3) is 0 Å². The quantitative estimate of drug-likeness (QED) is 0.755. The van der Waals surface area contributed by atoms with Crippen molar-refractivity contribution in [1.82, 2.24) is 0 Å². The Morgan fingerprint density at radius 3 is 2.38 bits per heavy atom. The van der Waals surface area contributed by atoms with Gasteiger partial charge in [0.2, 0.25) is 5.90 Å². The molecule has 0 N–H and O–H groups in total. The van der Waals surface area contributed by atoms with Crippen LogP contribution in [0.15, 0.2) is 59.6 Å². The molecule has 24 heavy (non-hydrogen) atoms. The lowest BCUT2D eigenvalue weighted by atomic mass is 9.73. The Balaban J connectivity index is 1.83. The predicted molar refractivity (Wildman–Crippen MR) is 84.9 cm³/mol. The summed E-state index contributed by atoms with van der Waals surface area (Å²) < 4.78 is 48.0. The third-order valence-corrected chi connectivity index (χ3v) is 5.25. The van der Waals surface area contributed by atoms with Crippen LogP contribution in [0, 0.1) is 5.41 Å². The van der Waals surface area contributed by atoms with Crippen molar-refractivity contribution < 1.29 is 17.9 Å². The first-order valence-electron chi connectivity index (χ1n) is 7.81. The van der Waals surface area contributed by atoms with Crippen molar-refractivity contribution in [3.05, 3.63) is 71.3 Å². The van der Waals surface area contributed by atoms with Gasteiger partial charge in [-0.2, -0.15) is 13.2 Å². The van der Waals surface area contributed by atoms with Crippen LogP contribution in [0.5, 0.6) is 0 Å². The highest BCUT2D eigenvalue weighted by molar-refractivity contribution is 5.95. The Bertz CT molecular complexity index is 815. The molecule has 4 rings (SSSR count). The SMILES string of the molecule is C[C@]1(C(F)(F)F)Cc2ccccc2C12CN=C(c1ccccc1)O2. The van der Waals surface area contributed by atoms with Gasteiger partial charge in [-0.1, -0.05) is 42.5 Å².